The van der Waals surface area contributed by atoms with Gasteiger partial charge in [-0.15, -0.1) is 11.3 Å². The van der Waals surface area contributed by atoms with Crippen LogP contribution >= 0.6 is 11.3 Å². The van der Waals surface area contributed by atoms with Gasteiger partial charge in [-0.1, -0.05) is 31.5 Å². The Labute approximate surface area is 141 Å². The van der Waals surface area contributed by atoms with Crippen molar-refractivity contribution in [2.45, 2.75) is 40.2 Å². The molecule has 2 rings (SSSR count). The highest BCUT2D eigenvalue weighted by atomic mass is 32.1. The molecule has 0 bridgehead atoms. The van der Waals surface area contributed by atoms with Gasteiger partial charge in [0, 0.05) is 11.9 Å². The number of nitrogens with one attached hydrogen (secondary N) is 1. The fraction of sp³-hybridized carbons (Fsp3) is 0.444. The van der Waals surface area contributed by atoms with Gasteiger partial charge in [0.2, 0.25) is 5.91 Å². The fourth-order valence-electron chi connectivity index (χ4n) is 2.00. The first kappa shape index (κ1) is 17.5. The van der Waals surface area contributed by atoms with Crippen LogP contribution in [0, 0.1) is 12.8 Å². The van der Waals surface area contributed by atoms with Crippen LogP contribution in [-0.4, -0.2) is 17.4 Å². The van der Waals surface area contributed by atoms with Crippen LogP contribution in [0.3, 0.4) is 0 Å². The van der Waals surface area contributed by atoms with Gasteiger partial charge in [-0.2, -0.15) is 0 Å². The highest BCUT2D eigenvalue weighted by Crippen LogP contribution is 2.16. The molecule has 1 heterocycles. The Bertz CT molecular complexity index is 620. The van der Waals surface area contributed by atoms with Gasteiger partial charge in [-0.3, -0.25) is 4.79 Å². The first-order valence-electron chi connectivity index (χ1n) is 7.92. The smallest absolute Gasteiger partial charge is 0.226 e. The van der Waals surface area contributed by atoms with E-state index in [1.54, 1.807) is 0 Å². The van der Waals surface area contributed by atoms with Gasteiger partial charge in [0.05, 0.1) is 12.1 Å². The molecule has 0 atom stereocenters. The second-order valence-corrected chi connectivity index (χ2v) is 6.99. The van der Waals surface area contributed by atoms with E-state index in [4.69, 9.17) is 4.74 Å². The van der Waals surface area contributed by atoms with Gasteiger partial charge >= 0.3 is 0 Å². The minimum absolute atomic E-state index is 0.0296. The molecule has 23 heavy (non-hydrogen) atoms. The zero-order chi connectivity index (χ0) is 16.7. The summed E-state index contributed by atoms with van der Waals surface area (Å²) >= 11 is 1.53. The molecular weight excluding hydrogens is 308 g/mol. The summed E-state index contributed by atoms with van der Waals surface area (Å²) in [4.78, 5) is 16.3. The molecule has 1 aromatic heterocycles. The number of rotatable bonds is 8. The number of aryl methyl sites for hydroxylation is 1. The lowest BCUT2D eigenvalue weighted by Gasteiger charge is -2.06. The number of amides is 1. The predicted octanol–water partition coefficient (Wildman–Crippen LogP) is 3.74. The van der Waals surface area contributed by atoms with Gasteiger partial charge in [-0.25, -0.2) is 4.98 Å². The molecule has 4 nitrogen and oxygen atoms in total. The van der Waals surface area contributed by atoms with Crippen LogP contribution in [0.15, 0.2) is 29.6 Å². The molecule has 0 saturated heterocycles. The maximum absolute atomic E-state index is 11.8. The van der Waals surface area contributed by atoms with E-state index in [1.165, 1.54) is 16.9 Å². The van der Waals surface area contributed by atoms with E-state index in [-0.39, 0.29) is 5.91 Å². The maximum Gasteiger partial charge on any atom is 0.226 e. The molecule has 5 heteroatoms. The van der Waals surface area contributed by atoms with E-state index in [2.05, 4.69) is 24.1 Å². The molecular formula is C18H24N2O2S. The van der Waals surface area contributed by atoms with Gasteiger partial charge < -0.3 is 10.1 Å². The van der Waals surface area contributed by atoms with Crippen LogP contribution in [-0.2, 0) is 17.8 Å². The molecule has 0 aliphatic rings. The van der Waals surface area contributed by atoms with Crippen LogP contribution in [0.25, 0.3) is 0 Å². The van der Waals surface area contributed by atoms with Crippen molar-refractivity contribution in [1.82, 2.24) is 10.3 Å². The Morgan fingerprint density at radius 3 is 2.74 bits per heavy atom. The molecule has 0 radical (unpaired) electrons. The molecule has 2 aromatic rings. The number of nitrogens with zero attached hydrogens (tertiary/aromatic N) is 1. The fourth-order valence-corrected chi connectivity index (χ4v) is 2.71. The summed E-state index contributed by atoms with van der Waals surface area (Å²) < 4.78 is 5.70. The van der Waals surface area contributed by atoms with E-state index in [0.29, 0.717) is 18.9 Å². The third kappa shape index (κ3) is 6.40. The number of hydrogen-bond acceptors (Lipinski definition) is 4. The third-order valence-electron chi connectivity index (χ3n) is 3.37. The van der Waals surface area contributed by atoms with Crippen molar-refractivity contribution in [2.75, 3.05) is 6.54 Å². The molecule has 124 valence electrons. The quantitative estimate of drug-likeness (QED) is 0.801. The Morgan fingerprint density at radius 1 is 1.30 bits per heavy atom. The summed E-state index contributed by atoms with van der Waals surface area (Å²) in [5, 5.41) is 5.74. The molecule has 0 aliphatic heterocycles. The number of carbonyl (C=O) groups is 1. The average molecular weight is 332 g/mol. The van der Waals surface area contributed by atoms with Crippen molar-refractivity contribution in [3.05, 3.63) is 45.9 Å². The highest BCUT2D eigenvalue weighted by molar-refractivity contribution is 7.09. The monoisotopic (exact) mass is 332 g/mol. The van der Waals surface area contributed by atoms with Crippen molar-refractivity contribution in [3.8, 4) is 5.75 Å². The molecule has 0 saturated carbocycles. The predicted molar refractivity (Wildman–Crippen MR) is 93.8 cm³/mol. The molecule has 1 N–H and O–H groups in total. The molecule has 1 amide bonds. The number of thiazole rings is 1. The van der Waals surface area contributed by atoms with Crippen molar-refractivity contribution in [1.29, 1.82) is 0 Å². The van der Waals surface area contributed by atoms with Crippen molar-refractivity contribution in [2.24, 2.45) is 5.92 Å². The Kier molecular flexibility index (Phi) is 6.59. The van der Waals surface area contributed by atoms with Crippen molar-refractivity contribution >= 4 is 17.2 Å². The first-order valence-corrected chi connectivity index (χ1v) is 8.80. The van der Waals surface area contributed by atoms with E-state index in [0.717, 1.165) is 29.4 Å². The summed E-state index contributed by atoms with van der Waals surface area (Å²) in [5.74, 6) is 1.46. The van der Waals surface area contributed by atoms with Gasteiger partial charge in [0.1, 0.15) is 17.4 Å². The molecule has 0 unspecified atom stereocenters. The van der Waals surface area contributed by atoms with Crippen molar-refractivity contribution in [3.63, 3.8) is 0 Å². The number of hydrogen-bond donors (Lipinski definition) is 1. The summed E-state index contributed by atoms with van der Waals surface area (Å²) in [5.41, 5.74) is 2.01. The standard InChI is InChI=1S/C18H24N2O2S/c1-13(2)8-9-19-17(21)10-15-12-23-18(20-15)11-22-16-6-4-14(3)5-7-16/h4-7,12-13H,8-11H2,1-3H3,(H,19,21). The highest BCUT2D eigenvalue weighted by Gasteiger charge is 2.08. The van der Waals surface area contributed by atoms with E-state index in [9.17, 15) is 4.79 Å². The summed E-state index contributed by atoms with van der Waals surface area (Å²) in [6, 6.07) is 7.94. The summed E-state index contributed by atoms with van der Waals surface area (Å²) in [7, 11) is 0. The zero-order valence-corrected chi connectivity index (χ0v) is 14.8. The molecule has 0 aliphatic carbocycles. The van der Waals surface area contributed by atoms with Crippen LogP contribution in [0.1, 0.15) is 36.5 Å². The van der Waals surface area contributed by atoms with E-state index >= 15 is 0 Å². The summed E-state index contributed by atoms with van der Waals surface area (Å²) in [6.45, 7) is 7.50. The van der Waals surface area contributed by atoms with E-state index in [1.807, 2.05) is 36.6 Å². The number of benzene rings is 1. The molecule has 0 spiro atoms. The lowest BCUT2D eigenvalue weighted by atomic mass is 10.1. The average Bonchev–Trinajstić information content (AvgIpc) is 2.93. The number of aromatic nitrogens is 1. The number of carbonyl (C=O) groups excluding carboxylic acids is 1. The van der Waals surface area contributed by atoms with E-state index < -0.39 is 0 Å². The van der Waals surface area contributed by atoms with Crippen molar-refractivity contribution < 1.29 is 9.53 Å². The van der Waals surface area contributed by atoms with Crippen LogP contribution < -0.4 is 10.1 Å². The van der Waals surface area contributed by atoms with Crippen LogP contribution in [0.5, 0.6) is 5.75 Å². The second-order valence-electron chi connectivity index (χ2n) is 6.04. The SMILES string of the molecule is Cc1ccc(OCc2nc(CC(=O)NCCC(C)C)cs2)cc1. The van der Waals surface area contributed by atoms with Gasteiger partial charge in [-0.05, 0) is 31.4 Å². The lowest BCUT2D eigenvalue weighted by molar-refractivity contribution is -0.120. The minimum atomic E-state index is 0.0296. The van der Waals surface area contributed by atoms with Gasteiger partial charge in [0.15, 0.2) is 0 Å². The normalized spacial score (nSPS) is 10.8. The Morgan fingerprint density at radius 2 is 2.04 bits per heavy atom. The lowest BCUT2D eigenvalue weighted by Crippen LogP contribution is -2.27. The zero-order valence-electron chi connectivity index (χ0n) is 14.0. The van der Waals surface area contributed by atoms with Crippen LogP contribution in [0.2, 0.25) is 0 Å². The Hall–Kier alpha value is -1.88. The minimum Gasteiger partial charge on any atom is -0.486 e. The number of ether oxygens (including phenoxy) is 1. The topological polar surface area (TPSA) is 51.2 Å². The first-order chi connectivity index (χ1) is 11.0. The molecule has 1 aromatic carbocycles. The van der Waals surface area contributed by atoms with Crippen LogP contribution in [0.4, 0.5) is 0 Å². The Balaban J connectivity index is 1.76. The third-order valence-corrected chi connectivity index (χ3v) is 4.24. The summed E-state index contributed by atoms with van der Waals surface area (Å²) in [6.07, 6.45) is 1.33. The maximum atomic E-state index is 11.8. The largest absolute Gasteiger partial charge is 0.486 e. The molecule has 0 fully saturated rings. The van der Waals surface area contributed by atoms with Gasteiger partial charge in [0.25, 0.3) is 0 Å². The second kappa shape index (κ2) is 8.67.